The van der Waals surface area contributed by atoms with Crippen molar-refractivity contribution in [1.82, 2.24) is 4.90 Å². The summed E-state index contributed by atoms with van der Waals surface area (Å²) < 4.78 is 0. The van der Waals surface area contributed by atoms with Crippen LogP contribution >= 0.6 is 0 Å². The van der Waals surface area contributed by atoms with Gasteiger partial charge in [-0.1, -0.05) is 54.1 Å². The number of hydrogen-bond acceptors (Lipinski definition) is 2. The standard InChI is InChI=1S/C22H28N2O/c1-17-7-9-19(10-8-17)22(20-6-4-3-5-18(20)2)12-15-24(16-13-22)14-11-21(23)25/h3-10H,11-16H2,1-2H3,(H2,23,25). The number of nitrogens with two attached hydrogens (primary N) is 1. The van der Waals surface area contributed by atoms with E-state index in [1.54, 1.807) is 0 Å². The summed E-state index contributed by atoms with van der Waals surface area (Å²) >= 11 is 0. The van der Waals surface area contributed by atoms with Crippen molar-refractivity contribution in [3.05, 3.63) is 70.8 Å². The average Bonchev–Trinajstić information content (AvgIpc) is 2.61. The summed E-state index contributed by atoms with van der Waals surface area (Å²) in [5.41, 5.74) is 10.9. The van der Waals surface area contributed by atoms with E-state index in [4.69, 9.17) is 5.73 Å². The second-order valence-corrected chi connectivity index (χ2v) is 7.32. The van der Waals surface area contributed by atoms with Gasteiger partial charge in [0.1, 0.15) is 0 Å². The van der Waals surface area contributed by atoms with E-state index in [1.165, 1.54) is 22.3 Å². The van der Waals surface area contributed by atoms with Gasteiger partial charge in [-0.15, -0.1) is 0 Å². The number of hydrogen-bond donors (Lipinski definition) is 1. The van der Waals surface area contributed by atoms with Crippen molar-refractivity contribution in [3.8, 4) is 0 Å². The van der Waals surface area contributed by atoms with Gasteiger partial charge in [0, 0.05) is 18.4 Å². The van der Waals surface area contributed by atoms with Crippen LogP contribution < -0.4 is 5.73 Å². The van der Waals surface area contributed by atoms with Crippen molar-refractivity contribution >= 4 is 5.91 Å². The normalized spacial score (nSPS) is 17.4. The molecule has 1 aliphatic heterocycles. The highest BCUT2D eigenvalue weighted by molar-refractivity contribution is 5.73. The molecular formula is C22H28N2O. The molecule has 1 fully saturated rings. The van der Waals surface area contributed by atoms with Crippen LogP contribution in [0.3, 0.4) is 0 Å². The van der Waals surface area contributed by atoms with Crippen molar-refractivity contribution in [2.75, 3.05) is 19.6 Å². The van der Waals surface area contributed by atoms with Gasteiger partial charge in [0.2, 0.25) is 5.91 Å². The average molecular weight is 336 g/mol. The number of amides is 1. The molecular weight excluding hydrogens is 308 g/mol. The van der Waals surface area contributed by atoms with Crippen LogP contribution in [0.4, 0.5) is 0 Å². The first-order valence-corrected chi connectivity index (χ1v) is 9.15. The molecule has 1 amide bonds. The third-order valence-corrected chi connectivity index (χ3v) is 5.65. The quantitative estimate of drug-likeness (QED) is 0.907. The van der Waals surface area contributed by atoms with Gasteiger partial charge in [-0.05, 0) is 56.5 Å². The van der Waals surface area contributed by atoms with Crippen LogP contribution in [0.1, 0.15) is 41.5 Å². The van der Waals surface area contributed by atoms with Crippen LogP contribution in [-0.4, -0.2) is 30.4 Å². The molecule has 3 nitrogen and oxygen atoms in total. The molecule has 25 heavy (non-hydrogen) atoms. The van der Waals surface area contributed by atoms with E-state index in [0.29, 0.717) is 6.42 Å². The highest BCUT2D eigenvalue weighted by atomic mass is 16.1. The summed E-state index contributed by atoms with van der Waals surface area (Å²) in [6, 6.07) is 17.8. The Hall–Kier alpha value is -2.13. The third-order valence-electron chi connectivity index (χ3n) is 5.65. The second-order valence-electron chi connectivity index (χ2n) is 7.32. The number of primary amides is 1. The molecule has 0 aliphatic carbocycles. The van der Waals surface area contributed by atoms with E-state index < -0.39 is 0 Å². The molecule has 132 valence electrons. The third kappa shape index (κ3) is 3.77. The Morgan fingerprint density at radius 3 is 2.28 bits per heavy atom. The minimum absolute atomic E-state index is 0.0578. The molecule has 0 bridgehead atoms. The topological polar surface area (TPSA) is 46.3 Å². The van der Waals surface area contributed by atoms with Gasteiger partial charge in [-0.25, -0.2) is 0 Å². The lowest BCUT2D eigenvalue weighted by molar-refractivity contribution is -0.118. The van der Waals surface area contributed by atoms with Crippen LogP contribution in [0.5, 0.6) is 0 Å². The number of rotatable bonds is 5. The van der Waals surface area contributed by atoms with Crippen molar-refractivity contribution < 1.29 is 4.79 Å². The first kappa shape index (κ1) is 17.7. The number of carbonyl (C=O) groups is 1. The molecule has 0 radical (unpaired) electrons. The van der Waals surface area contributed by atoms with Crippen LogP contribution in [0.2, 0.25) is 0 Å². The Kier molecular flexibility index (Phi) is 5.24. The Morgan fingerprint density at radius 1 is 1.04 bits per heavy atom. The van der Waals surface area contributed by atoms with E-state index >= 15 is 0 Å². The summed E-state index contributed by atoms with van der Waals surface area (Å²) in [4.78, 5) is 13.5. The van der Waals surface area contributed by atoms with Gasteiger partial charge >= 0.3 is 0 Å². The number of likely N-dealkylation sites (tertiary alicyclic amines) is 1. The summed E-state index contributed by atoms with van der Waals surface area (Å²) in [7, 11) is 0. The Bertz CT molecular complexity index is 728. The van der Waals surface area contributed by atoms with E-state index in [1.807, 2.05) is 0 Å². The molecule has 0 spiro atoms. The van der Waals surface area contributed by atoms with Crippen molar-refractivity contribution in [2.24, 2.45) is 5.73 Å². The lowest BCUT2D eigenvalue weighted by Crippen LogP contribution is -2.44. The molecule has 1 heterocycles. The van der Waals surface area contributed by atoms with Crippen molar-refractivity contribution in [3.63, 3.8) is 0 Å². The van der Waals surface area contributed by atoms with Gasteiger partial charge in [-0.2, -0.15) is 0 Å². The maximum Gasteiger partial charge on any atom is 0.218 e. The Labute approximate surface area is 150 Å². The van der Waals surface area contributed by atoms with Crippen molar-refractivity contribution in [1.29, 1.82) is 0 Å². The molecule has 2 aromatic carbocycles. The molecule has 0 unspecified atom stereocenters. The zero-order valence-corrected chi connectivity index (χ0v) is 15.3. The highest BCUT2D eigenvalue weighted by Gasteiger charge is 2.38. The van der Waals surface area contributed by atoms with E-state index in [0.717, 1.165) is 32.5 Å². The maximum absolute atomic E-state index is 11.1. The summed E-state index contributed by atoms with van der Waals surface area (Å²) in [5.74, 6) is -0.214. The zero-order valence-electron chi connectivity index (χ0n) is 15.3. The van der Waals surface area contributed by atoms with Gasteiger partial charge in [0.25, 0.3) is 0 Å². The lowest BCUT2D eigenvalue weighted by atomic mass is 9.67. The molecule has 1 saturated heterocycles. The van der Waals surface area contributed by atoms with Gasteiger partial charge < -0.3 is 10.6 Å². The summed E-state index contributed by atoms with van der Waals surface area (Å²) in [6.45, 7) is 7.11. The highest BCUT2D eigenvalue weighted by Crippen LogP contribution is 2.43. The number of carbonyl (C=O) groups excluding carboxylic acids is 1. The van der Waals surface area contributed by atoms with Crippen LogP contribution in [0.25, 0.3) is 0 Å². The van der Waals surface area contributed by atoms with Crippen LogP contribution in [-0.2, 0) is 10.2 Å². The number of aryl methyl sites for hydroxylation is 2. The predicted octanol–water partition coefficient (Wildman–Crippen LogP) is 3.56. The molecule has 0 saturated carbocycles. The number of piperidine rings is 1. The zero-order chi connectivity index (χ0) is 17.9. The summed E-state index contributed by atoms with van der Waals surface area (Å²) in [6.07, 6.45) is 2.58. The molecule has 0 aromatic heterocycles. The molecule has 1 aliphatic rings. The second kappa shape index (κ2) is 7.40. The monoisotopic (exact) mass is 336 g/mol. The smallest absolute Gasteiger partial charge is 0.218 e. The Balaban J connectivity index is 1.91. The van der Waals surface area contributed by atoms with Gasteiger partial charge in [0.05, 0.1) is 0 Å². The van der Waals surface area contributed by atoms with E-state index in [9.17, 15) is 4.79 Å². The van der Waals surface area contributed by atoms with Crippen LogP contribution in [0, 0.1) is 13.8 Å². The minimum atomic E-state index is -0.214. The molecule has 0 atom stereocenters. The van der Waals surface area contributed by atoms with Gasteiger partial charge in [-0.3, -0.25) is 4.79 Å². The maximum atomic E-state index is 11.1. The fraction of sp³-hybridized carbons (Fsp3) is 0.409. The van der Waals surface area contributed by atoms with Crippen molar-refractivity contribution in [2.45, 2.75) is 38.5 Å². The Morgan fingerprint density at radius 2 is 1.68 bits per heavy atom. The fourth-order valence-corrected chi connectivity index (χ4v) is 4.12. The largest absolute Gasteiger partial charge is 0.370 e. The molecule has 2 N–H and O–H groups in total. The summed E-state index contributed by atoms with van der Waals surface area (Å²) in [5, 5.41) is 0. The fourth-order valence-electron chi connectivity index (χ4n) is 4.12. The van der Waals surface area contributed by atoms with E-state index in [-0.39, 0.29) is 11.3 Å². The first-order valence-electron chi connectivity index (χ1n) is 9.15. The molecule has 2 aromatic rings. The van der Waals surface area contributed by atoms with Crippen LogP contribution in [0.15, 0.2) is 48.5 Å². The number of nitrogens with zero attached hydrogens (tertiary/aromatic N) is 1. The van der Waals surface area contributed by atoms with Gasteiger partial charge in [0.15, 0.2) is 0 Å². The van der Waals surface area contributed by atoms with E-state index in [2.05, 4.69) is 67.3 Å². The minimum Gasteiger partial charge on any atom is -0.370 e. The predicted molar refractivity (Wildman–Crippen MR) is 103 cm³/mol. The SMILES string of the molecule is Cc1ccc(C2(c3ccccc3C)CCN(CCC(N)=O)CC2)cc1. The lowest BCUT2D eigenvalue weighted by Gasteiger charge is -2.43. The molecule has 3 heteroatoms. The molecule has 3 rings (SSSR count). The first-order chi connectivity index (χ1) is 12.0. The number of benzene rings is 2.